The molecule has 1 nitrogen and oxygen atoms in total. The quantitative estimate of drug-likeness (QED) is 0.479. The molecule has 0 saturated carbocycles. The van der Waals surface area contributed by atoms with E-state index in [4.69, 9.17) is 12.6 Å². The number of ether oxygens (including phenoxy) is 1. The molecule has 0 aliphatic carbocycles. The molecule has 3 unspecified atom stereocenters. The lowest BCUT2D eigenvalue weighted by molar-refractivity contribution is 0.0804. The lowest BCUT2D eigenvalue weighted by atomic mass is 9.88. The van der Waals surface area contributed by atoms with Gasteiger partial charge >= 0.3 is 0 Å². The van der Waals surface area contributed by atoms with Gasteiger partial charge in [-0.05, 0) is 18.8 Å². The van der Waals surface area contributed by atoms with Crippen molar-refractivity contribution >= 4 is 7.85 Å². The third-order valence-corrected chi connectivity index (χ3v) is 2.00. The molecule has 1 aliphatic heterocycles. The summed E-state index contributed by atoms with van der Waals surface area (Å²) in [5, 5.41) is 0. The Morgan fingerprint density at radius 2 is 2.33 bits per heavy atom. The van der Waals surface area contributed by atoms with Crippen LogP contribution >= 0.6 is 0 Å². The first kappa shape index (κ1) is 7.14. The monoisotopic (exact) mass is 124 g/mol. The summed E-state index contributed by atoms with van der Waals surface area (Å²) < 4.78 is 5.40. The minimum absolute atomic E-state index is 0.00468. The van der Waals surface area contributed by atoms with Crippen LogP contribution in [0.1, 0.15) is 26.7 Å². The number of rotatable bonds is 1. The standard InChI is InChI=1S/C7H13BO/c1-3-6-4-5(2)7(8)9-6/h5-7H,3-4H2,1-2H3. The van der Waals surface area contributed by atoms with E-state index in [9.17, 15) is 0 Å². The fourth-order valence-electron chi connectivity index (χ4n) is 1.22. The van der Waals surface area contributed by atoms with Gasteiger partial charge in [0.25, 0.3) is 0 Å². The molecule has 0 aromatic rings. The van der Waals surface area contributed by atoms with Crippen LogP contribution in [0, 0.1) is 5.92 Å². The summed E-state index contributed by atoms with van der Waals surface area (Å²) in [6, 6.07) is -0.00468. The topological polar surface area (TPSA) is 9.23 Å². The van der Waals surface area contributed by atoms with Gasteiger partial charge in [-0.3, -0.25) is 0 Å². The minimum atomic E-state index is -0.00468. The lowest BCUT2D eigenvalue weighted by Gasteiger charge is -2.07. The van der Waals surface area contributed by atoms with Crippen LogP contribution in [0.25, 0.3) is 0 Å². The van der Waals surface area contributed by atoms with Crippen molar-refractivity contribution in [2.45, 2.75) is 38.8 Å². The zero-order chi connectivity index (χ0) is 6.85. The van der Waals surface area contributed by atoms with E-state index in [0.29, 0.717) is 12.0 Å². The van der Waals surface area contributed by atoms with Crippen LogP contribution in [0.3, 0.4) is 0 Å². The fraction of sp³-hybridized carbons (Fsp3) is 1.00. The maximum absolute atomic E-state index is 5.62. The summed E-state index contributed by atoms with van der Waals surface area (Å²) in [6.07, 6.45) is 2.66. The maximum atomic E-state index is 5.62. The van der Waals surface area contributed by atoms with E-state index in [0.717, 1.165) is 12.8 Å². The first-order chi connectivity index (χ1) is 4.24. The third kappa shape index (κ3) is 1.48. The molecule has 50 valence electrons. The molecule has 0 bridgehead atoms. The molecule has 1 rings (SSSR count). The van der Waals surface area contributed by atoms with E-state index < -0.39 is 0 Å². The SMILES string of the molecule is [B]C1OC(CC)CC1C. The van der Waals surface area contributed by atoms with Crippen LogP contribution in [0.4, 0.5) is 0 Å². The molecule has 0 aromatic heterocycles. The van der Waals surface area contributed by atoms with Crippen LogP contribution in [0.2, 0.25) is 0 Å². The second-order valence-corrected chi connectivity index (χ2v) is 2.84. The van der Waals surface area contributed by atoms with E-state index >= 15 is 0 Å². The molecule has 0 amide bonds. The molecule has 1 fully saturated rings. The Morgan fingerprint density at radius 3 is 2.56 bits per heavy atom. The van der Waals surface area contributed by atoms with Crippen LogP contribution in [-0.2, 0) is 4.74 Å². The van der Waals surface area contributed by atoms with Gasteiger partial charge in [-0.15, -0.1) is 0 Å². The average Bonchev–Trinajstić information content (AvgIpc) is 2.13. The molecular weight excluding hydrogens is 111 g/mol. The Morgan fingerprint density at radius 1 is 1.67 bits per heavy atom. The van der Waals surface area contributed by atoms with Crippen molar-refractivity contribution in [2.75, 3.05) is 0 Å². The highest BCUT2D eigenvalue weighted by atomic mass is 16.5. The summed E-state index contributed by atoms with van der Waals surface area (Å²) in [6.45, 7) is 4.27. The second kappa shape index (κ2) is 2.74. The molecular formula is C7H13BO. The zero-order valence-corrected chi connectivity index (χ0v) is 6.13. The van der Waals surface area contributed by atoms with Gasteiger partial charge in [-0.1, -0.05) is 13.8 Å². The summed E-state index contributed by atoms with van der Waals surface area (Å²) in [5.74, 6) is 0.551. The van der Waals surface area contributed by atoms with E-state index in [1.165, 1.54) is 0 Å². The average molecular weight is 124 g/mol. The van der Waals surface area contributed by atoms with Gasteiger partial charge in [0.1, 0.15) is 7.85 Å². The Balaban J connectivity index is 2.35. The van der Waals surface area contributed by atoms with Gasteiger partial charge in [0, 0.05) is 6.00 Å². The lowest BCUT2D eigenvalue weighted by Crippen LogP contribution is -2.13. The zero-order valence-electron chi connectivity index (χ0n) is 6.13. The van der Waals surface area contributed by atoms with Crippen LogP contribution in [-0.4, -0.2) is 20.0 Å². The van der Waals surface area contributed by atoms with Crippen molar-refractivity contribution in [3.8, 4) is 0 Å². The summed E-state index contributed by atoms with van der Waals surface area (Å²) in [4.78, 5) is 0. The molecule has 1 aliphatic rings. The molecule has 1 saturated heterocycles. The van der Waals surface area contributed by atoms with Gasteiger partial charge in [-0.25, -0.2) is 0 Å². The molecule has 0 spiro atoms. The minimum Gasteiger partial charge on any atom is -0.384 e. The largest absolute Gasteiger partial charge is 0.384 e. The van der Waals surface area contributed by atoms with Gasteiger partial charge < -0.3 is 4.74 Å². The normalized spacial score (nSPS) is 43.6. The van der Waals surface area contributed by atoms with Crippen LogP contribution in [0.5, 0.6) is 0 Å². The Kier molecular flexibility index (Phi) is 2.17. The highest BCUT2D eigenvalue weighted by Gasteiger charge is 2.26. The van der Waals surface area contributed by atoms with Gasteiger partial charge in [-0.2, -0.15) is 0 Å². The Labute approximate surface area is 58.2 Å². The van der Waals surface area contributed by atoms with Crippen LogP contribution < -0.4 is 0 Å². The van der Waals surface area contributed by atoms with E-state index in [-0.39, 0.29) is 6.00 Å². The highest BCUT2D eigenvalue weighted by Crippen LogP contribution is 2.25. The van der Waals surface area contributed by atoms with E-state index in [2.05, 4.69) is 13.8 Å². The van der Waals surface area contributed by atoms with Crippen LogP contribution in [0.15, 0.2) is 0 Å². The molecule has 2 radical (unpaired) electrons. The fourth-order valence-corrected chi connectivity index (χ4v) is 1.22. The third-order valence-electron chi connectivity index (χ3n) is 2.00. The first-order valence-corrected chi connectivity index (χ1v) is 3.65. The summed E-state index contributed by atoms with van der Waals surface area (Å²) in [7, 11) is 5.62. The number of hydrogen-bond donors (Lipinski definition) is 0. The predicted molar refractivity (Wildman–Crippen MR) is 38.5 cm³/mol. The smallest absolute Gasteiger partial charge is 0.109 e. The van der Waals surface area contributed by atoms with Gasteiger partial charge in [0.2, 0.25) is 0 Å². The number of hydrogen-bond acceptors (Lipinski definition) is 1. The summed E-state index contributed by atoms with van der Waals surface area (Å²) >= 11 is 0. The molecule has 0 N–H and O–H groups in total. The van der Waals surface area contributed by atoms with E-state index in [1.807, 2.05) is 0 Å². The van der Waals surface area contributed by atoms with Crippen molar-refractivity contribution in [2.24, 2.45) is 5.92 Å². The maximum Gasteiger partial charge on any atom is 0.109 e. The first-order valence-electron chi connectivity index (χ1n) is 3.65. The Hall–Kier alpha value is 0.0249. The van der Waals surface area contributed by atoms with Gasteiger partial charge in [0.15, 0.2) is 0 Å². The second-order valence-electron chi connectivity index (χ2n) is 2.84. The van der Waals surface area contributed by atoms with Crippen molar-refractivity contribution in [1.82, 2.24) is 0 Å². The van der Waals surface area contributed by atoms with Crippen molar-refractivity contribution in [1.29, 1.82) is 0 Å². The molecule has 2 heteroatoms. The van der Waals surface area contributed by atoms with Gasteiger partial charge in [0.05, 0.1) is 6.10 Å². The van der Waals surface area contributed by atoms with Crippen molar-refractivity contribution < 1.29 is 4.74 Å². The highest BCUT2D eigenvalue weighted by molar-refractivity contribution is 6.11. The van der Waals surface area contributed by atoms with E-state index in [1.54, 1.807) is 0 Å². The van der Waals surface area contributed by atoms with Crippen molar-refractivity contribution in [3.63, 3.8) is 0 Å². The molecule has 9 heavy (non-hydrogen) atoms. The molecule has 0 aromatic carbocycles. The van der Waals surface area contributed by atoms with Crippen molar-refractivity contribution in [3.05, 3.63) is 0 Å². The molecule has 3 atom stereocenters. The Bertz CT molecular complexity index is 84.9. The molecule has 1 heterocycles. The predicted octanol–water partition coefficient (Wildman–Crippen LogP) is 1.32. The summed E-state index contributed by atoms with van der Waals surface area (Å²) in [5.41, 5.74) is 0.